The summed E-state index contributed by atoms with van der Waals surface area (Å²) < 4.78 is 16.4. The predicted molar refractivity (Wildman–Crippen MR) is 92.2 cm³/mol. The maximum Gasteiger partial charge on any atom is 0.227 e. The minimum Gasteiger partial charge on any atom is -0.507 e. The van der Waals surface area contributed by atoms with Crippen molar-refractivity contribution in [3.8, 4) is 17.0 Å². The van der Waals surface area contributed by atoms with Gasteiger partial charge < -0.3 is 15.5 Å². The van der Waals surface area contributed by atoms with Crippen LogP contribution in [0.15, 0.2) is 30.5 Å². The minimum absolute atomic E-state index is 0.0580. The molecule has 1 aromatic carbocycles. The first-order valence-electron chi connectivity index (χ1n) is 8.33. The number of phenolic OH excluding ortho intramolecular Hbond substituents is 1. The highest BCUT2D eigenvalue weighted by Crippen LogP contribution is 2.44. The molecule has 0 amide bonds. The van der Waals surface area contributed by atoms with Gasteiger partial charge in [-0.3, -0.25) is 4.40 Å². The highest BCUT2D eigenvalue weighted by molar-refractivity contribution is 5.81. The fourth-order valence-electron chi connectivity index (χ4n) is 2.99. The fraction of sp³-hybridized carbons (Fsp3) is 0.333. The number of aliphatic hydroxyl groups excluding tert-OH is 1. The Morgan fingerprint density at radius 2 is 2.16 bits per heavy atom. The summed E-state index contributed by atoms with van der Waals surface area (Å²) in [5, 5.41) is 31.0. The molecule has 1 aliphatic rings. The van der Waals surface area contributed by atoms with Crippen LogP contribution >= 0.6 is 0 Å². The standard InChI is InChI=1S/C18H19FN4O2/c1-10(24)9-20-18-22-21-17(14-3-2-6-23(14)18)16-13(19)7-12(8-15(16)25)11-4-5-11/h2-3,6-8,10-11,24-25H,4-5,9H2,1H3,(H,20,22)/t10-/m1/s1. The summed E-state index contributed by atoms with van der Waals surface area (Å²) in [6.07, 6.45) is 3.30. The number of fused-ring (bicyclic) bond motifs is 1. The van der Waals surface area contributed by atoms with Gasteiger partial charge in [-0.1, -0.05) is 0 Å². The number of benzene rings is 1. The van der Waals surface area contributed by atoms with Gasteiger partial charge in [-0.2, -0.15) is 0 Å². The number of nitrogens with one attached hydrogen (secondary N) is 1. The highest BCUT2D eigenvalue weighted by Gasteiger charge is 2.27. The van der Waals surface area contributed by atoms with Crippen LogP contribution in [0.25, 0.3) is 16.8 Å². The molecular weight excluding hydrogens is 323 g/mol. The van der Waals surface area contributed by atoms with Crippen molar-refractivity contribution in [3.05, 3.63) is 41.8 Å². The number of hydrogen-bond acceptors (Lipinski definition) is 5. The Bertz CT molecular complexity index is 911. The van der Waals surface area contributed by atoms with Crippen LogP contribution in [0.2, 0.25) is 0 Å². The third-order valence-corrected chi connectivity index (χ3v) is 4.40. The zero-order chi connectivity index (χ0) is 17.6. The molecule has 4 rings (SSSR count). The normalized spacial score (nSPS) is 15.5. The molecular formula is C18H19FN4O2. The van der Waals surface area contributed by atoms with Crippen molar-refractivity contribution in [1.82, 2.24) is 14.6 Å². The Balaban J connectivity index is 1.80. The molecule has 0 radical (unpaired) electrons. The van der Waals surface area contributed by atoms with Crippen molar-refractivity contribution in [2.75, 3.05) is 11.9 Å². The van der Waals surface area contributed by atoms with Crippen LogP contribution in [0.5, 0.6) is 5.75 Å². The number of aromatic hydroxyl groups is 1. The van der Waals surface area contributed by atoms with Crippen molar-refractivity contribution in [1.29, 1.82) is 0 Å². The summed E-state index contributed by atoms with van der Waals surface area (Å²) in [4.78, 5) is 0. The van der Waals surface area contributed by atoms with E-state index < -0.39 is 11.9 Å². The quantitative estimate of drug-likeness (QED) is 0.664. The molecule has 6 nitrogen and oxygen atoms in total. The Labute approximate surface area is 144 Å². The molecule has 1 atom stereocenters. The molecule has 7 heteroatoms. The number of aliphatic hydroxyl groups is 1. The van der Waals surface area contributed by atoms with Gasteiger partial charge in [0.15, 0.2) is 0 Å². The summed E-state index contributed by atoms with van der Waals surface area (Å²) >= 11 is 0. The second-order valence-electron chi connectivity index (χ2n) is 6.54. The Morgan fingerprint density at radius 1 is 1.36 bits per heavy atom. The third-order valence-electron chi connectivity index (χ3n) is 4.40. The van der Waals surface area contributed by atoms with Gasteiger partial charge in [0.05, 0.1) is 17.2 Å². The molecule has 25 heavy (non-hydrogen) atoms. The zero-order valence-electron chi connectivity index (χ0n) is 13.8. The number of rotatable bonds is 5. The Hall–Kier alpha value is -2.67. The van der Waals surface area contributed by atoms with Gasteiger partial charge in [0.2, 0.25) is 5.95 Å². The van der Waals surface area contributed by atoms with Crippen LogP contribution in [-0.4, -0.2) is 37.5 Å². The van der Waals surface area contributed by atoms with E-state index in [4.69, 9.17) is 0 Å². The summed E-state index contributed by atoms with van der Waals surface area (Å²) in [6, 6.07) is 6.68. The van der Waals surface area contributed by atoms with Crippen LogP contribution in [0.3, 0.4) is 0 Å². The SMILES string of the molecule is C[C@@H](O)CNc1nnc(-c2c(O)cc(C3CC3)cc2F)c2cccn12. The van der Waals surface area contributed by atoms with Gasteiger partial charge in [-0.25, -0.2) is 4.39 Å². The number of phenols is 1. The lowest BCUT2D eigenvalue weighted by atomic mass is 10.0. The smallest absolute Gasteiger partial charge is 0.227 e. The van der Waals surface area contributed by atoms with Crippen LogP contribution in [0, 0.1) is 5.82 Å². The molecule has 1 fully saturated rings. The molecule has 1 saturated carbocycles. The van der Waals surface area contributed by atoms with Crippen LogP contribution in [-0.2, 0) is 0 Å². The fourth-order valence-corrected chi connectivity index (χ4v) is 2.99. The first-order chi connectivity index (χ1) is 12.0. The zero-order valence-corrected chi connectivity index (χ0v) is 13.8. The molecule has 3 aromatic rings. The molecule has 0 saturated heterocycles. The van der Waals surface area contributed by atoms with E-state index >= 15 is 0 Å². The van der Waals surface area contributed by atoms with Gasteiger partial charge in [-0.15, -0.1) is 10.2 Å². The van der Waals surface area contributed by atoms with E-state index in [-0.39, 0.29) is 17.0 Å². The minimum atomic E-state index is -0.538. The molecule has 0 spiro atoms. The number of anilines is 1. The van der Waals surface area contributed by atoms with Crippen molar-refractivity contribution < 1.29 is 14.6 Å². The highest BCUT2D eigenvalue weighted by atomic mass is 19.1. The van der Waals surface area contributed by atoms with E-state index in [1.54, 1.807) is 35.7 Å². The van der Waals surface area contributed by atoms with Crippen molar-refractivity contribution >= 4 is 11.5 Å². The molecule has 0 unspecified atom stereocenters. The first-order valence-corrected chi connectivity index (χ1v) is 8.33. The number of nitrogens with zero attached hydrogens (tertiary/aromatic N) is 3. The number of hydrogen-bond donors (Lipinski definition) is 3. The average molecular weight is 342 g/mol. The molecule has 0 aliphatic heterocycles. The van der Waals surface area contributed by atoms with Crippen molar-refractivity contribution in [2.24, 2.45) is 0 Å². The molecule has 3 N–H and O–H groups in total. The average Bonchev–Trinajstić information content (AvgIpc) is 3.30. The van der Waals surface area contributed by atoms with Gasteiger partial charge in [0.1, 0.15) is 17.3 Å². The third kappa shape index (κ3) is 2.91. The van der Waals surface area contributed by atoms with Gasteiger partial charge in [-0.05, 0) is 55.5 Å². The topological polar surface area (TPSA) is 82.7 Å². The van der Waals surface area contributed by atoms with E-state index in [2.05, 4.69) is 15.5 Å². The van der Waals surface area contributed by atoms with Gasteiger partial charge >= 0.3 is 0 Å². The van der Waals surface area contributed by atoms with Crippen LogP contribution in [0.4, 0.5) is 10.3 Å². The molecule has 1 aliphatic carbocycles. The summed E-state index contributed by atoms with van der Waals surface area (Å²) in [6.45, 7) is 1.98. The Morgan fingerprint density at radius 3 is 2.84 bits per heavy atom. The van der Waals surface area contributed by atoms with E-state index in [1.165, 1.54) is 6.07 Å². The monoisotopic (exact) mass is 342 g/mol. The Kier molecular flexibility index (Phi) is 3.80. The summed E-state index contributed by atoms with van der Waals surface area (Å²) in [5.74, 6) is 0.174. The summed E-state index contributed by atoms with van der Waals surface area (Å²) in [5.41, 5.74) is 1.79. The molecule has 130 valence electrons. The second-order valence-corrected chi connectivity index (χ2v) is 6.54. The van der Waals surface area contributed by atoms with E-state index in [0.717, 1.165) is 18.4 Å². The van der Waals surface area contributed by atoms with Gasteiger partial charge in [0.25, 0.3) is 0 Å². The number of aromatic nitrogens is 3. The maximum absolute atomic E-state index is 14.7. The lowest BCUT2D eigenvalue weighted by Crippen LogP contribution is -2.18. The maximum atomic E-state index is 14.7. The summed E-state index contributed by atoms with van der Waals surface area (Å²) in [7, 11) is 0. The predicted octanol–water partition coefficient (Wildman–Crippen LogP) is 2.91. The van der Waals surface area contributed by atoms with E-state index in [9.17, 15) is 14.6 Å². The van der Waals surface area contributed by atoms with Crippen LogP contribution in [0.1, 0.15) is 31.2 Å². The molecule has 0 bridgehead atoms. The van der Waals surface area contributed by atoms with E-state index in [1.807, 2.05) is 0 Å². The van der Waals surface area contributed by atoms with Crippen LogP contribution < -0.4 is 5.32 Å². The lowest BCUT2D eigenvalue weighted by molar-refractivity contribution is 0.208. The second kappa shape index (κ2) is 6.00. The first kappa shape index (κ1) is 15.8. The van der Waals surface area contributed by atoms with Crippen molar-refractivity contribution in [2.45, 2.75) is 31.8 Å². The van der Waals surface area contributed by atoms with E-state index in [0.29, 0.717) is 23.9 Å². The largest absolute Gasteiger partial charge is 0.507 e. The number of halogens is 1. The molecule has 2 aromatic heterocycles. The van der Waals surface area contributed by atoms with Crippen molar-refractivity contribution in [3.63, 3.8) is 0 Å². The lowest BCUT2D eigenvalue weighted by Gasteiger charge is -2.13. The molecule has 2 heterocycles. The van der Waals surface area contributed by atoms with Gasteiger partial charge in [0, 0.05) is 12.7 Å².